The van der Waals surface area contributed by atoms with E-state index in [4.69, 9.17) is 13.9 Å². The summed E-state index contributed by atoms with van der Waals surface area (Å²) in [5.74, 6) is 1.46. The van der Waals surface area contributed by atoms with Gasteiger partial charge in [0.1, 0.15) is 18.1 Å². The molecule has 4 heterocycles. The van der Waals surface area contributed by atoms with Gasteiger partial charge in [0.2, 0.25) is 5.91 Å². The van der Waals surface area contributed by atoms with Crippen LogP contribution < -0.4 is 20.1 Å². The Labute approximate surface area is 260 Å². The van der Waals surface area contributed by atoms with Gasteiger partial charge in [0.15, 0.2) is 21.7 Å². The fraction of sp³-hybridized carbons (Fsp3) is 0.387. The molecule has 4 aromatic rings. The lowest BCUT2D eigenvalue weighted by Crippen LogP contribution is -2.48. The molecule has 44 heavy (non-hydrogen) atoms. The SMILES string of the molecule is COc1cc2cc(c1OC)-c1cncc(c1)C(=O)N[C@H](CC(C)C)C(=O)NCCN(Cc1ccc(Sc3nncn3C)o1)C2. The number of furan rings is 1. The van der Waals surface area contributed by atoms with Gasteiger partial charge in [0.05, 0.1) is 26.3 Å². The Balaban J connectivity index is 1.50. The first kappa shape index (κ1) is 31.1. The normalized spacial score (nSPS) is 16.2. The van der Waals surface area contributed by atoms with Crippen LogP contribution in [-0.4, -0.2) is 69.8 Å². The molecule has 2 N–H and O–H groups in total. The van der Waals surface area contributed by atoms with Gasteiger partial charge in [-0.15, -0.1) is 10.2 Å². The van der Waals surface area contributed by atoms with Crippen molar-refractivity contribution in [2.45, 2.75) is 49.6 Å². The topological polar surface area (TPSA) is 137 Å². The molecule has 12 nitrogen and oxygen atoms in total. The molecule has 0 aliphatic carbocycles. The minimum Gasteiger partial charge on any atom is -0.493 e. The summed E-state index contributed by atoms with van der Waals surface area (Å²) in [6.45, 7) is 5.95. The highest BCUT2D eigenvalue weighted by atomic mass is 32.2. The van der Waals surface area contributed by atoms with Gasteiger partial charge >= 0.3 is 0 Å². The second-order valence-electron chi connectivity index (χ2n) is 11.0. The first-order valence-electron chi connectivity index (χ1n) is 14.4. The van der Waals surface area contributed by atoms with Gasteiger partial charge in [0, 0.05) is 50.2 Å². The molecule has 2 amide bonds. The van der Waals surface area contributed by atoms with Gasteiger partial charge in [-0.3, -0.25) is 19.5 Å². The van der Waals surface area contributed by atoms with Crippen molar-refractivity contribution >= 4 is 23.6 Å². The van der Waals surface area contributed by atoms with E-state index in [1.807, 2.05) is 49.7 Å². The van der Waals surface area contributed by atoms with Crippen molar-refractivity contribution in [2.24, 2.45) is 13.0 Å². The van der Waals surface area contributed by atoms with Gasteiger partial charge in [0.25, 0.3) is 5.91 Å². The number of aromatic nitrogens is 4. The van der Waals surface area contributed by atoms with Crippen molar-refractivity contribution in [3.05, 3.63) is 65.9 Å². The van der Waals surface area contributed by atoms with Crippen molar-refractivity contribution in [1.82, 2.24) is 35.3 Å². The zero-order valence-corrected chi connectivity index (χ0v) is 26.3. The van der Waals surface area contributed by atoms with E-state index in [-0.39, 0.29) is 17.7 Å². The first-order valence-corrected chi connectivity index (χ1v) is 15.2. The summed E-state index contributed by atoms with van der Waals surface area (Å²) in [5, 5.41) is 15.4. The van der Waals surface area contributed by atoms with E-state index in [1.54, 1.807) is 32.8 Å². The number of ether oxygens (including phenoxy) is 2. The van der Waals surface area contributed by atoms with Crippen LogP contribution >= 0.6 is 11.8 Å². The number of nitrogens with zero attached hydrogens (tertiary/aromatic N) is 5. The van der Waals surface area contributed by atoms with Crippen molar-refractivity contribution < 1.29 is 23.5 Å². The summed E-state index contributed by atoms with van der Waals surface area (Å²) in [5.41, 5.74) is 2.73. The summed E-state index contributed by atoms with van der Waals surface area (Å²) >= 11 is 1.40. The Morgan fingerprint density at radius 3 is 2.66 bits per heavy atom. The molecule has 4 bridgehead atoms. The smallest absolute Gasteiger partial charge is 0.253 e. The molecule has 5 rings (SSSR count). The number of hydrogen-bond donors (Lipinski definition) is 2. The largest absolute Gasteiger partial charge is 0.493 e. The molecule has 232 valence electrons. The molecule has 0 fully saturated rings. The van der Waals surface area contributed by atoms with Gasteiger partial charge in [-0.05, 0) is 60.0 Å². The van der Waals surface area contributed by atoms with Crippen LogP contribution in [0.25, 0.3) is 11.1 Å². The number of nitrogens with one attached hydrogen (secondary N) is 2. The Bertz CT molecular complexity index is 1620. The third-order valence-electron chi connectivity index (χ3n) is 7.19. The van der Waals surface area contributed by atoms with Crippen LogP contribution in [0.4, 0.5) is 0 Å². The molecule has 13 heteroatoms. The van der Waals surface area contributed by atoms with Gasteiger partial charge < -0.3 is 29.1 Å². The second-order valence-corrected chi connectivity index (χ2v) is 12.0. The minimum absolute atomic E-state index is 0.194. The molecule has 0 radical (unpaired) electrons. The van der Waals surface area contributed by atoms with Crippen LogP contribution in [0.3, 0.4) is 0 Å². The highest BCUT2D eigenvalue weighted by molar-refractivity contribution is 7.99. The molecule has 1 aliphatic rings. The Hall–Kier alpha value is -4.36. The zero-order chi connectivity index (χ0) is 31.2. The number of carbonyl (C=O) groups is 2. The predicted octanol–water partition coefficient (Wildman–Crippen LogP) is 3.92. The van der Waals surface area contributed by atoms with E-state index in [0.717, 1.165) is 22.0 Å². The summed E-state index contributed by atoms with van der Waals surface area (Å²) in [6.07, 6.45) is 5.32. The van der Waals surface area contributed by atoms with Crippen LogP contribution in [-0.2, 0) is 24.9 Å². The third-order valence-corrected chi connectivity index (χ3v) is 8.16. The van der Waals surface area contributed by atoms with E-state index in [9.17, 15) is 9.59 Å². The standard InChI is InChI=1S/C31H37N7O5S/c1-19(2)10-25-30(40)33-8-9-38(17-23-6-7-27(43-23)44-31-36-34-18-37(31)3)16-20-11-24(28(42-5)26(12-20)41-4)21-13-22(15-32-14-21)29(39)35-25/h6-7,11-15,18-19,25H,8-10,16-17H2,1-5H3,(H,33,40)(H,35,39)/t25-/m1/s1. The third kappa shape index (κ3) is 7.40. The molecule has 0 spiro atoms. The van der Waals surface area contributed by atoms with Crippen LogP contribution in [0.2, 0.25) is 0 Å². The molecule has 3 aromatic heterocycles. The van der Waals surface area contributed by atoms with Crippen molar-refractivity contribution in [3.8, 4) is 22.6 Å². The van der Waals surface area contributed by atoms with E-state index in [0.29, 0.717) is 60.3 Å². The number of amides is 2. The lowest BCUT2D eigenvalue weighted by atomic mass is 10.00. The summed E-state index contributed by atoms with van der Waals surface area (Å²) in [7, 11) is 5.06. The molecule has 0 saturated carbocycles. The number of pyridine rings is 1. The molecular weight excluding hydrogens is 582 g/mol. The molecule has 0 saturated heterocycles. The number of carbonyl (C=O) groups excluding carboxylic acids is 2. The number of benzene rings is 1. The lowest BCUT2D eigenvalue weighted by molar-refractivity contribution is -0.123. The van der Waals surface area contributed by atoms with Crippen LogP contribution in [0.15, 0.2) is 63.7 Å². The fourth-order valence-electron chi connectivity index (χ4n) is 5.09. The molecule has 1 atom stereocenters. The van der Waals surface area contributed by atoms with Crippen molar-refractivity contribution in [1.29, 1.82) is 0 Å². The molecular formula is C31H37N7O5S. The Kier molecular flexibility index (Phi) is 9.85. The first-order chi connectivity index (χ1) is 21.2. The maximum absolute atomic E-state index is 13.3. The highest BCUT2D eigenvalue weighted by Crippen LogP contribution is 2.40. The number of hydrogen-bond acceptors (Lipinski definition) is 10. The van der Waals surface area contributed by atoms with Crippen molar-refractivity contribution in [2.75, 3.05) is 27.3 Å². The fourth-order valence-corrected chi connectivity index (χ4v) is 5.83. The Morgan fingerprint density at radius 2 is 1.93 bits per heavy atom. The predicted molar refractivity (Wildman–Crippen MR) is 164 cm³/mol. The maximum Gasteiger partial charge on any atom is 0.253 e. The molecule has 1 aliphatic heterocycles. The van der Waals surface area contributed by atoms with Gasteiger partial charge in [-0.25, -0.2) is 0 Å². The number of fused-ring (bicyclic) bond motifs is 5. The second kappa shape index (κ2) is 14.0. The molecule has 1 aromatic carbocycles. The highest BCUT2D eigenvalue weighted by Gasteiger charge is 2.25. The number of rotatable bonds is 8. The summed E-state index contributed by atoms with van der Waals surface area (Å²) in [4.78, 5) is 33.1. The zero-order valence-electron chi connectivity index (χ0n) is 25.5. The number of aryl methyl sites for hydroxylation is 1. The summed E-state index contributed by atoms with van der Waals surface area (Å²) < 4.78 is 19.5. The van der Waals surface area contributed by atoms with Crippen molar-refractivity contribution in [3.63, 3.8) is 0 Å². The van der Waals surface area contributed by atoms with E-state index in [1.165, 1.54) is 18.0 Å². The van der Waals surface area contributed by atoms with Crippen LogP contribution in [0.5, 0.6) is 11.5 Å². The van der Waals surface area contributed by atoms with E-state index >= 15 is 0 Å². The molecule has 0 unspecified atom stereocenters. The minimum atomic E-state index is -0.689. The monoisotopic (exact) mass is 619 g/mol. The van der Waals surface area contributed by atoms with Gasteiger partial charge in [-0.2, -0.15) is 0 Å². The van der Waals surface area contributed by atoms with E-state index in [2.05, 4.69) is 30.7 Å². The summed E-state index contributed by atoms with van der Waals surface area (Å²) in [6, 6.07) is 8.88. The van der Waals surface area contributed by atoms with Gasteiger partial charge in [-0.1, -0.05) is 13.8 Å². The van der Waals surface area contributed by atoms with Crippen LogP contribution in [0.1, 0.15) is 41.9 Å². The quantitative estimate of drug-likeness (QED) is 0.299. The number of methoxy groups -OCH3 is 2. The maximum atomic E-state index is 13.3. The van der Waals surface area contributed by atoms with Crippen LogP contribution in [0, 0.1) is 5.92 Å². The average molecular weight is 620 g/mol. The lowest BCUT2D eigenvalue weighted by Gasteiger charge is -2.24. The average Bonchev–Trinajstić information content (AvgIpc) is 3.63. The van der Waals surface area contributed by atoms with E-state index < -0.39 is 6.04 Å². The Morgan fingerprint density at radius 1 is 1.11 bits per heavy atom.